The fourth-order valence-electron chi connectivity index (χ4n) is 2.53. The summed E-state index contributed by atoms with van der Waals surface area (Å²) in [5, 5.41) is 2.85. The number of hydrogen-bond acceptors (Lipinski definition) is 3. The molecule has 1 fully saturated rings. The summed E-state index contributed by atoms with van der Waals surface area (Å²) in [4.78, 5) is 25.3. The SMILES string of the molecule is CC(=O)NC(C)Cc1cccc(C(=O)N2CCOCC2)c1. The van der Waals surface area contributed by atoms with E-state index in [9.17, 15) is 9.59 Å². The number of rotatable bonds is 4. The molecule has 5 nitrogen and oxygen atoms in total. The quantitative estimate of drug-likeness (QED) is 0.907. The molecule has 0 saturated carbocycles. The van der Waals surface area contributed by atoms with Gasteiger partial charge in [-0.3, -0.25) is 9.59 Å². The first-order chi connectivity index (χ1) is 10.1. The molecule has 1 aromatic rings. The predicted octanol–water partition coefficient (Wildman–Crippen LogP) is 1.23. The number of hydrogen-bond donors (Lipinski definition) is 1. The Labute approximate surface area is 125 Å². The molecule has 1 heterocycles. The number of morpholine rings is 1. The van der Waals surface area contributed by atoms with Crippen LogP contribution >= 0.6 is 0 Å². The normalized spacial score (nSPS) is 16.4. The van der Waals surface area contributed by atoms with Gasteiger partial charge in [0.05, 0.1) is 13.2 Å². The van der Waals surface area contributed by atoms with E-state index in [1.54, 1.807) is 0 Å². The summed E-state index contributed by atoms with van der Waals surface area (Å²) in [7, 11) is 0. The Morgan fingerprint density at radius 3 is 2.71 bits per heavy atom. The van der Waals surface area contributed by atoms with Crippen LogP contribution in [0, 0.1) is 0 Å². The Morgan fingerprint density at radius 2 is 2.05 bits per heavy atom. The molecule has 0 aliphatic carbocycles. The lowest BCUT2D eigenvalue weighted by molar-refractivity contribution is -0.119. The van der Waals surface area contributed by atoms with Crippen molar-refractivity contribution in [2.75, 3.05) is 26.3 Å². The molecule has 0 spiro atoms. The van der Waals surface area contributed by atoms with Crippen molar-refractivity contribution >= 4 is 11.8 Å². The number of amides is 2. The standard InChI is InChI=1S/C16H22N2O3/c1-12(17-13(2)19)10-14-4-3-5-15(11-14)16(20)18-6-8-21-9-7-18/h3-5,11-12H,6-10H2,1-2H3,(H,17,19). The third-order valence-corrected chi connectivity index (χ3v) is 3.46. The van der Waals surface area contributed by atoms with Crippen LogP contribution in [0.15, 0.2) is 24.3 Å². The fraction of sp³-hybridized carbons (Fsp3) is 0.500. The number of nitrogens with zero attached hydrogens (tertiary/aromatic N) is 1. The predicted molar refractivity (Wildman–Crippen MR) is 80.1 cm³/mol. The number of nitrogens with one attached hydrogen (secondary N) is 1. The van der Waals surface area contributed by atoms with Crippen LogP contribution in [0.4, 0.5) is 0 Å². The van der Waals surface area contributed by atoms with Gasteiger partial charge in [-0.1, -0.05) is 12.1 Å². The van der Waals surface area contributed by atoms with Gasteiger partial charge in [-0.15, -0.1) is 0 Å². The highest BCUT2D eigenvalue weighted by Crippen LogP contribution is 2.12. The van der Waals surface area contributed by atoms with Crippen LogP contribution in [-0.2, 0) is 16.0 Å². The fourth-order valence-corrected chi connectivity index (χ4v) is 2.53. The smallest absolute Gasteiger partial charge is 0.254 e. The second-order valence-corrected chi connectivity index (χ2v) is 5.41. The molecule has 1 N–H and O–H groups in total. The Kier molecular flexibility index (Phi) is 5.33. The van der Waals surface area contributed by atoms with Crippen molar-refractivity contribution in [2.45, 2.75) is 26.3 Å². The third-order valence-electron chi connectivity index (χ3n) is 3.46. The van der Waals surface area contributed by atoms with Crippen molar-refractivity contribution in [2.24, 2.45) is 0 Å². The highest BCUT2D eigenvalue weighted by Gasteiger charge is 2.18. The molecule has 1 saturated heterocycles. The topological polar surface area (TPSA) is 58.6 Å². The van der Waals surface area contributed by atoms with Crippen molar-refractivity contribution in [3.8, 4) is 0 Å². The average molecular weight is 290 g/mol. The highest BCUT2D eigenvalue weighted by atomic mass is 16.5. The lowest BCUT2D eigenvalue weighted by Gasteiger charge is -2.27. The van der Waals surface area contributed by atoms with E-state index in [1.165, 1.54) is 6.92 Å². The summed E-state index contributed by atoms with van der Waals surface area (Å²) in [5.41, 5.74) is 1.75. The van der Waals surface area contributed by atoms with Gasteiger partial charge in [0.25, 0.3) is 5.91 Å². The van der Waals surface area contributed by atoms with Gasteiger partial charge < -0.3 is 15.0 Å². The van der Waals surface area contributed by atoms with Gasteiger partial charge in [-0.25, -0.2) is 0 Å². The van der Waals surface area contributed by atoms with E-state index in [2.05, 4.69) is 5.32 Å². The lowest BCUT2D eigenvalue weighted by Crippen LogP contribution is -2.40. The molecule has 2 rings (SSSR count). The summed E-state index contributed by atoms with van der Waals surface area (Å²) in [6.07, 6.45) is 0.712. The molecule has 0 aromatic heterocycles. The number of ether oxygens (including phenoxy) is 1. The third kappa shape index (κ3) is 4.56. The van der Waals surface area contributed by atoms with Crippen LogP contribution in [-0.4, -0.2) is 49.1 Å². The largest absolute Gasteiger partial charge is 0.378 e. The van der Waals surface area contributed by atoms with Gasteiger partial charge in [0.1, 0.15) is 0 Å². The van der Waals surface area contributed by atoms with Crippen LogP contribution in [0.5, 0.6) is 0 Å². The van der Waals surface area contributed by atoms with Crippen LogP contribution < -0.4 is 5.32 Å². The summed E-state index contributed by atoms with van der Waals surface area (Å²) in [6, 6.07) is 7.68. The maximum atomic E-state index is 12.4. The Hall–Kier alpha value is -1.88. The van der Waals surface area contributed by atoms with E-state index >= 15 is 0 Å². The van der Waals surface area contributed by atoms with Crippen LogP contribution in [0.1, 0.15) is 29.8 Å². The molecule has 1 aliphatic heterocycles. The molecule has 0 bridgehead atoms. The van der Waals surface area contributed by atoms with Crippen LogP contribution in [0.25, 0.3) is 0 Å². The van der Waals surface area contributed by atoms with Gasteiger partial charge in [0, 0.05) is 31.6 Å². The van der Waals surface area contributed by atoms with E-state index in [1.807, 2.05) is 36.1 Å². The molecule has 21 heavy (non-hydrogen) atoms. The van der Waals surface area contributed by atoms with Crippen molar-refractivity contribution in [3.05, 3.63) is 35.4 Å². The molecule has 0 radical (unpaired) electrons. The molecule has 1 aliphatic rings. The maximum absolute atomic E-state index is 12.4. The molecule has 2 amide bonds. The Morgan fingerprint density at radius 1 is 1.33 bits per heavy atom. The zero-order chi connectivity index (χ0) is 15.2. The van der Waals surface area contributed by atoms with Crippen LogP contribution in [0.3, 0.4) is 0 Å². The minimum Gasteiger partial charge on any atom is -0.378 e. The average Bonchev–Trinajstić information content (AvgIpc) is 2.46. The van der Waals surface area contributed by atoms with Gasteiger partial charge >= 0.3 is 0 Å². The van der Waals surface area contributed by atoms with Gasteiger partial charge in [0.15, 0.2) is 0 Å². The minimum atomic E-state index is -0.0388. The van der Waals surface area contributed by atoms with Crippen molar-refractivity contribution < 1.29 is 14.3 Å². The van der Waals surface area contributed by atoms with E-state index in [0.29, 0.717) is 38.3 Å². The summed E-state index contributed by atoms with van der Waals surface area (Å²) >= 11 is 0. The first-order valence-electron chi connectivity index (χ1n) is 7.29. The summed E-state index contributed by atoms with van der Waals surface area (Å²) in [6.45, 7) is 5.96. The van der Waals surface area contributed by atoms with Crippen molar-refractivity contribution in [3.63, 3.8) is 0 Å². The molecule has 1 atom stereocenters. The zero-order valence-corrected chi connectivity index (χ0v) is 12.6. The molecule has 5 heteroatoms. The molecule has 1 unspecified atom stereocenters. The first kappa shape index (κ1) is 15.5. The van der Waals surface area contributed by atoms with E-state index in [-0.39, 0.29) is 17.9 Å². The Balaban J connectivity index is 2.02. The molecule has 114 valence electrons. The van der Waals surface area contributed by atoms with E-state index < -0.39 is 0 Å². The van der Waals surface area contributed by atoms with E-state index in [0.717, 1.165) is 5.56 Å². The van der Waals surface area contributed by atoms with Gasteiger partial charge in [-0.05, 0) is 31.0 Å². The first-order valence-corrected chi connectivity index (χ1v) is 7.29. The molecular weight excluding hydrogens is 268 g/mol. The lowest BCUT2D eigenvalue weighted by atomic mass is 10.0. The van der Waals surface area contributed by atoms with Gasteiger partial charge in [0.2, 0.25) is 5.91 Å². The molecule has 1 aromatic carbocycles. The Bertz CT molecular complexity index is 510. The van der Waals surface area contributed by atoms with E-state index in [4.69, 9.17) is 4.74 Å². The van der Waals surface area contributed by atoms with Crippen LogP contribution in [0.2, 0.25) is 0 Å². The number of carbonyl (C=O) groups is 2. The van der Waals surface area contributed by atoms with Crippen molar-refractivity contribution in [1.29, 1.82) is 0 Å². The minimum absolute atomic E-state index is 0.0388. The summed E-state index contributed by atoms with van der Waals surface area (Å²) < 4.78 is 5.26. The second-order valence-electron chi connectivity index (χ2n) is 5.41. The number of carbonyl (C=O) groups excluding carboxylic acids is 2. The number of benzene rings is 1. The van der Waals surface area contributed by atoms with Gasteiger partial charge in [-0.2, -0.15) is 0 Å². The molecular formula is C16H22N2O3. The zero-order valence-electron chi connectivity index (χ0n) is 12.6. The monoisotopic (exact) mass is 290 g/mol. The summed E-state index contributed by atoms with van der Waals surface area (Å²) in [5.74, 6) is 0.00961. The van der Waals surface area contributed by atoms with Crippen molar-refractivity contribution in [1.82, 2.24) is 10.2 Å². The maximum Gasteiger partial charge on any atom is 0.254 e. The second kappa shape index (κ2) is 7.22. The highest BCUT2D eigenvalue weighted by molar-refractivity contribution is 5.94.